The van der Waals surface area contributed by atoms with Crippen LogP contribution < -0.4 is 10.2 Å². The normalized spacial score (nSPS) is 30.2. The van der Waals surface area contributed by atoms with Crippen LogP contribution in [0.3, 0.4) is 0 Å². The molecule has 2 saturated heterocycles. The number of fused-ring (bicyclic) bond motifs is 1. The Hall–Kier alpha value is -1.59. The lowest BCUT2D eigenvalue weighted by atomic mass is 9.82. The molecule has 1 aromatic rings. The Balaban J connectivity index is 2.05. The van der Waals surface area contributed by atoms with Crippen LogP contribution in [0.15, 0.2) is 24.3 Å². The van der Waals surface area contributed by atoms with Gasteiger partial charge in [-0.25, -0.2) is 9.69 Å². The number of rotatable bonds is 1. The summed E-state index contributed by atoms with van der Waals surface area (Å²) in [6.07, 6.45) is 0. The van der Waals surface area contributed by atoms with Crippen LogP contribution in [0.4, 0.5) is 10.5 Å². The molecule has 6 heteroatoms. The first-order valence-electron chi connectivity index (χ1n) is 6.01. The van der Waals surface area contributed by atoms with Crippen molar-refractivity contribution in [2.45, 2.75) is 13.0 Å². The summed E-state index contributed by atoms with van der Waals surface area (Å²) in [6, 6.07) is 6.07. The smallest absolute Gasteiger partial charge is 0.329 e. The molecule has 0 radical (unpaired) electrons. The number of amides is 3. The van der Waals surface area contributed by atoms with Crippen LogP contribution in [0.25, 0.3) is 0 Å². The van der Waals surface area contributed by atoms with Gasteiger partial charge in [0.2, 0.25) is 5.91 Å². The van der Waals surface area contributed by atoms with Crippen LogP contribution in [0, 0.1) is 5.41 Å². The van der Waals surface area contributed by atoms with E-state index in [4.69, 9.17) is 16.3 Å². The quantitative estimate of drug-likeness (QED) is 0.853. The van der Waals surface area contributed by atoms with Gasteiger partial charge in [0.25, 0.3) is 0 Å². The highest BCUT2D eigenvalue weighted by Gasteiger charge is 2.54. The number of benzene rings is 1. The second-order valence-corrected chi connectivity index (χ2v) is 5.43. The van der Waals surface area contributed by atoms with Crippen molar-refractivity contribution in [3.63, 3.8) is 0 Å². The molecule has 0 saturated carbocycles. The number of urea groups is 1. The van der Waals surface area contributed by atoms with E-state index in [1.807, 2.05) is 0 Å². The fraction of sp³-hybridized carbons (Fsp3) is 0.385. The average Bonchev–Trinajstić information content (AvgIpc) is 2.75. The van der Waals surface area contributed by atoms with Crippen molar-refractivity contribution in [3.05, 3.63) is 29.3 Å². The number of anilines is 1. The number of nitrogens with one attached hydrogen (secondary N) is 1. The summed E-state index contributed by atoms with van der Waals surface area (Å²) in [6.45, 7) is 2.47. The number of carbonyl (C=O) groups is 2. The molecule has 1 aromatic carbocycles. The second-order valence-electron chi connectivity index (χ2n) is 5.03. The molecule has 2 fully saturated rings. The van der Waals surface area contributed by atoms with Gasteiger partial charge in [0, 0.05) is 0 Å². The molecule has 2 heterocycles. The summed E-state index contributed by atoms with van der Waals surface area (Å²) in [7, 11) is 0. The topological polar surface area (TPSA) is 58.6 Å². The molecule has 0 aliphatic carbocycles. The predicted molar refractivity (Wildman–Crippen MR) is 70.2 cm³/mol. The van der Waals surface area contributed by atoms with E-state index in [0.717, 1.165) is 4.90 Å². The summed E-state index contributed by atoms with van der Waals surface area (Å²) in [5, 5.41) is 3.18. The molecule has 2 aliphatic rings. The van der Waals surface area contributed by atoms with Crippen molar-refractivity contribution in [3.8, 4) is 0 Å². The Kier molecular flexibility index (Phi) is 2.76. The van der Waals surface area contributed by atoms with Gasteiger partial charge in [0.1, 0.15) is 0 Å². The van der Waals surface area contributed by atoms with Gasteiger partial charge in [0.05, 0.1) is 35.4 Å². The number of halogens is 1. The van der Waals surface area contributed by atoms with Gasteiger partial charge < -0.3 is 10.1 Å². The maximum Gasteiger partial charge on any atom is 0.329 e. The molecule has 5 nitrogen and oxygen atoms in total. The number of para-hydroxylation sites is 1. The Morgan fingerprint density at radius 2 is 2.16 bits per heavy atom. The van der Waals surface area contributed by atoms with Crippen molar-refractivity contribution in [1.82, 2.24) is 5.32 Å². The molecule has 3 rings (SSSR count). The third-order valence-electron chi connectivity index (χ3n) is 3.74. The number of hydrogen-bond donors (Lipinski definition) is 1. The lowest BCUT2D eigenvalue weighted by molar-refractivity contribution is -0.128. The third-order valence-corrected chi connectivity index (χ3v) is 4.06. The van der Waals surface area contributed by atoms with E-state index in [1.165, 1.54) is 0 Å². The van der Waals surface area contributed by atoms with E-state index in [2.05, 4.69) is 5.32 Å². The Morgan fingerprint density at radius 3 is 2.89 bits per heavy atom. The summed E-state index contributed by atoms with van der Waals surface area (Å²) in [5.41, 5.74) is -0.328. The van der Waals surface area contributed by atoms with Crippen LogP contribution in [0.1, 0.15) is 6.92 Å². The second kappa shape index (κ2) is 4.21. The Bertz CT molecular complexity index is 563. The fourth-order valence-electron chi connectivity index (χ4n) is 2.50. The zero-order chi connectivity index (χ0) is 13.6. The first-order chi connectivity index (χ1) is 9.04. The first-order valence-corrected chi connectivity index (χ1v) is 6.39. The SMILES string of the molecule is CC12COCC1NC(=O)N(c1ccccc1Cl)C2=O. The number of ether oxygens (including phenoxy) is 1. The van der Waals surface area contributed by atoms with Gasteiger partial charge in [-0.15, -0.1) is 0 Å². The molecular weight excluding hydrogens is 268 g/mol. The lowest BCUT2D eigenvalue weighted by Gasteiger charge is -2.39. The van der Waals surface area contributed by atoms with Crippen molar-refractivity contribution in [2.24, 2.45) is 5.41 Å². The van der Waals surface area contributed by atoms with Gasteiger partial charge in [-0.3, -0.25) is 4.79 Å². The molecular formula is C13H13ClN2O3. The van der Waals surface area contributed by atoms with Crippen molar-refractivity contribution in [2.75, 3.05) is 18.1 Å². The maximum absolute atomic E-state index is 12.6. The molecule has 0 spiro atoms. The number of carbonyl (C=O) groups excluding carboxylic acids is 2. The van der Waals surface area contributed by atoms with Gasteiger partial charge in [-0.2, -0.15) is 0 Å². The van der Waals surface area contributed by atoms with Crippen LogP contribution in [0.2, 0.25) is 5.02 Å². The number of imide groups is 1. The van der Waals surface area contributed by atoms with E-state index >= 15 is 0 Å². The van der Waals surface area contributed by atoms with Crippen LogP contribution in [0.5, 0.6) is 0 Å². The van der Waals surface area contributed by atoms with Crippen LogP contribution >= 0.6 is 11.6 Å². The summed E-state index contributed by atoms with van der Waals surface area (Å²) in [5.74, 6) is -0.271. The van der Waals surface area contributed by atoms with E-state index in [-0.39, 0.29) is 11.9 Å². The van der Waals surface area contributed by atoms with Crippen LogP contribution in [-0.2, 0) is 9.53 Å². The monoisotopic (exact) mass is 280 g/mol. The highest BCUT2D eigenvalue weighted by atomic mass is 35.5. The lowest BCUT2D eigenvalue weighted by Crippen LogP contribution is -2.65. The van der Waals surface area contributed by atoms with E-state index in [0.29, 0.717) is 23.9 Å². The maximum atomic E-state index is 12.6. The minimum atomic E-state index is -0.729. The van der Waals surface area contributed by atoms with Crippen molar-refractivity contribution < 1.29 is 14.3 Å². The zero-order valence-electron chi connectivity index (χ0n) is 10.4. The number of hydrogen-bond acceptors (Lipinski definition) is 3. The largest absolute Gasteiger partial charge is 0.378 e. The molecule has 0 aromatic heterocycles. The minimum Gasteiger partial charge on any atom is -0.378 e. The van der Waals surface area contributed by atoms with Crippen molar-refractivity contribution >= 4 is 29.2 Å². The van der Waals surface area contributed by atoms with E-state index in [1.54, 1.807) is 31.2 Å². The first kappa shape index (κ1) is 12.4. The minimum absolute atomic E-state index is 0.271. The average molecular weight is 281 g/mol. The molecule has 2 aliphatic heterocycles. The predicted octanol–water partition coefficient (Wildman–Crippen LogP) is 1.80. The summed E-state index contributed by atoms with van der Waals surface area (Å²) >= 11 is 6.07. The van der Waals surface area contributed by atoms with Crippen LogP contribution in [-0.4, -0.2) is 31.2 Å². The highest BCUT2D eigenvalue weighted by Crippen LogP contribution is 2.37. The molecule has 100 valence electrons. The van der Waals surface area contributed by atoms with E-state index < -0.39 is 11.4 Å². The summed E-state index contributed by atoms with van der Waals surface area (Å²) in [4.78, 5) is 25.8. The molecule has 0 bridgehead atoms. The number of nitrogens with zero attached hydrogens (tertiary/aromatic N) is 1. The highest BCUT2D eigenvalue weighted by molar-refractivity contribution is 6.35. The standard InChI is InChI=1S/C13H13ClN2O3/c1-13-7-19-6-10(13)15-12(18)16(11(13)17)9-5-3-2-4-8(9)14/h2-5,10H,6-7H2,1H3,(H,15,18). The van der Waals surface area contributed by atoms with Gasteiger partial charge in [-0.05, 0) is 19.1 Å². The molecule has 2 unspecified atom stereocenters. The summed E-state index contributed by atoms with van der Waals surface area (Å²) < 4.78 is 5.33. The Labute approximate surface area is 115 Å². The molecule has 3 amide bonds. The van der Waals surface area contributed by atoms with Crippen molar-refractivity contribution in [1.29, 1.82) is 0 Å². The Morgan fingerprint density at radius 1 is 1.42 bits per heavy atom. The molecule has 2 atom stereocenters. The molecule has 1 N–H and O–H groups in total. The van der Waals surface area contributed by atoms with Gasteiger partial charge >= 0.3 is 6.03 Å². The third kappa shape index (κ3) is 1.73. The molecule has 19 heavy (non-hydrogen) atoms. The van der Waals surface area contributed by atoms with Gasteiger partial charge in [-0.1, -0.05) is 23.7 Å². The van der Waals surface area contributed by atoms with Gasteiger partial charge in [0.15, 0.2) is 0 Å². The fourth-order valence-corrected chi connectivity index (χ4v) is 2.72. The zero-order valence-corrected chi connectivity index (χ0v) is 11.1. The van der Waals surface area contributed by atoms with E-state index in [9.17, 15) is 9.59 Å².